The summed E-state index contributed by atoms with van der Waals surface area (Å²) in [5.41, 5.74) is 4.07. The summed E-state index contributed by atoms with van der Waals surface area (Å²) in [4.78, 5) is 63.9. The molecule has 196 valence electrons. The third-order valence-corrected chi connectivity index (χ3v) is 9.30. The molecule has 2 aromatic rings. The molecular formula is C18H16N8Na2O8S2Se. The first-order valence-electron chi connectivity index (χ1n) is 10.1. The third kappa shape index (κ3) is 6.86. The van der Waals surface area contributed by atoms with Gasteiger partial charge in [0.25, 0.3) is 5.56 Å². The maximum atomic E-state index is 13.0. The second kappa shape index (κ2) is 13.9. The third-order valence-electron chi connectivity index (χ3n) is 5.12. The number of nitrogens with zero attached hydrogens (tertiary/aromatic N) is 6. The molecule has 2 aliphatic heterocycles. The number of nitrogen functional groups attached to an aromatic ring is 1. The molecule has 21 heteroatoms. The van der Waals surface area contributed by atoms with Gasteiger partial charge in [-0.05, 0) is 0 Å². The number of carbonyl (C=O) groups excluding carboxylic acids is 3. The van der Waals surface area contributed by atoms with Gasteiger partial charge in [-0.2, -0.15) is 10.1 Å². The Morgan fingerprint density at radius 2 is 2.05 bits per heavy atom. The first-order valence-corrected chi connectivity index (χ1v) is 14.3. The molecule has 0 saturated carbocycles. The van der Waals surface area contributed by atoms with Gasteiger partial charge in [0, 0.05) is 7.05 Å². The average molecular weight is 661 g/mol. The Kier molecular flexibility index (Phi) is 12.0. The predicted octanol–water partition coefficient (Wildman–Crippen LogP) is -11.1. The van der Waals surface area contributed by atoms with E-state index < -0.39 is 57.1 Å². The first-order chi connectivity index (χ1) is 17.5. The maximum Gasteiger partial charge on any atom is 1.00 e. The smallest absolute Gasteiger partial charge is 1.00 e. The fraction of sp³-hybridized carbons (Fsp3) is 0.333. The van der Waals surface area contributed by atoms with E-state index in [0.717, 1.165) is 21.3 Å². The Bertz CT molecular complexity index is 1460. The number of anilines is 1. The molecule has 1 saturated heterocycles. The number of carboxylic acids is 1. The van der Waals surface area contributed by atoms with E-state index in [1.807, 2.05) is 0 Å². The molecule has 2 aliphatic rings. The number of thioether (sulfide) groups is 1. The van der Waals surface area contributed by atoms with Gasteiger partial charge in [-0.15, -0.1) is 0 Å². The molecule has 0 bridgehead atoms. The summed E-state index contributed by atoms with van der Waals surface area (Å²) >= 11 is 0.583. The Balaban J connectivity index is 0.00000267. The molecule has 4 rings (SSSR count). The molecule has 0 aromatic carbocycles. The Morgan fingerprint density at radius 1 is 1.36 bits per heavy atom. The van der Waals surface area contributed by atoms with Crippen molar-refractivity contribution in [3.05, 3.63) is 32.3 Å². The number of aliphatic carboxylic acids is 1. The largest absolute Gasteiger partial charge is 1.00 e. The molecule has 3 N–H and O–H groups in total. The molecular weight excluding hydrogens is 645 g/mol. The molecule has 1 fully saturated rings. The van der Waals surface area contributed by atoms with E-state index in [-0.39, 0.29) is 107 Å². The summed E-state index contributed by atoms with van der Waals surface area (Å²) in [6, 6.07) is -1.30. The predicted molar refractivity (Wildman–Crippen MR) is 124 cm³/mol. The molecule has 4 heterocycles. The minimum Gasteiger partial charge on any atom is 1.00 e. The molecule has 2 aromatic heterocycles. The maximum absolute atomic E-state index is 13.0. The number of rotatable bonds is 8. The van der Waals surface area contributed by atoms with Crippen LogP contribution < -0.4 is 85.9 Å². The van der Waals surface area contributed by atoms with Crippen molar-refractivity contribution in [3.8, 4) is 5.88 Å². The summed E-state index contributed by atoms with van der Waals surface area (Å²) in [7, 11) is 0.765. The van der Waals surface area contributed by atoms with Gasteiger partial charge in [0.05, 0.1) is 5.88 Å². The van der Waals surface area contributed by atoms with Crippen LogP contribution in [0.4, 0.5) is 4.69 Å². The molecule has 1 unspecified atom stereocenters. The number of β-lactam (4-membered cyclic amide) rings is 1. The van der Waals surface area contributed by atoms with Crippen LogP contribution in [0.1, 0.15) is 5.69 Å². The van der Waals surface area contributed by atoms with Gasteiger partial charge in [0.2, 0.25) is 0 Å². The van der Waals surface area contributed by atoms with E-state index in [2.05, 4.69) is 25.5 Å². The second-order valence-corrected chi connectivity index (χ2v) is 11.8. The SMILES string of the molecule is CO/N=C(\C(=O)N[C@@H]1C(=O)N2C(C(=O)[O-])=C(CSc3nc(=O)c([O-])nn3C)CS(=O)[C@H]12)c1c[se]c(N)n1.[Na+].[Na+]. The molecule has 0 aliphatic carbocycles. The molecule has 39 heavy (non-hydrogen) atoms. The van der Waals surface area contributed by atoms with Crippen molar-refractivity contribution >= 4 is 65.3 Å². The van der Waals surface area contributed by atoms with Gasteiger partial charge in [0.15, 0.2) is 5.16 Å². The minimum absolute atomic E-state index is 0. The van der Waals surface area contributed by atoms with E-state index in [9.17, 15) is 33.6 Å². The topological polar surface area (TPSA) is 238 Å². The van der Waals surface area contributed by atoms with Crippen LogP contribution in [0.15, 0.2) is 31.3 Å². The summed E-state index contributed by atoms with van der Waals surface area (Å²) in [5, 5.41) is 31.7. The molecule has 2 amide bonds. The van der Waals surface area contributed by atoms with Gasteiger partial charge in [-0.1, -0.05) is 0 Å². The average Bonchev–Trinajstić information content (AvgIpc) is 3.27. The zero-order valence-electron chi connectivity index (χ0n) is 20.9. The standard InChI is InChI=1S/C18H18N8O8S2Se.2Na/c1-25-18(22-12(28)13(29)23-25)35-3-6-4-36(33)15-9(14(30)26(15)10(6)16(31)32)21-11(27)8(24-34-2)7-5-37-17(19)20-7;;/h5,9,15H,3-4H2,1-2H3,(H2,19,20)(H,21,27)(H,23,29)(H,31,32);;/q;2*+1/p-2/b24-8-;;/t9-,15-,36?;;/m1../s1. The Hall–Kier alpha value is -1.54. The van der Waals surface area contributed by atoms with E-state index >= 15 is 0 Å². The fourth-order valence-electron chi connectivity index (χ4n) is 3.56. The molecule has 16 nitrogen and oxygen atoms in total. The van der Waals surface area contributed by atoms with E-state index in [4.69, 9.17) is 10.6 Å². The molecule has 0 radical (unpaired) electrons. The molecule has 0 spiro atoms. The van der Waals surface area contributed by atoms with Crippen LogP contribution in [-0.2, 0) is 37.1 Å². The Labute approximate surface area is 276 Å². The monoisotopic (exact) mass is 662 g/mol. The number of nitrogens with two attached hydrogens (primary N) is 1. The summed E-state index contributed by atoms with van der Waals surface area (Å²) in [5.74, 6) is -4.80. The van der Waals surface area contributed by atoms with Gasteiger partial charge < -0.3 is 5.11 Å². The van der Waals surface area contributed by atoms with E-state index in [1.54, 1.807) is 4.94 Å². The summed E-state index contributed by atoms with van der Waals surface area (Å²) in [6.45, 7) is 0. The van der Waals surface area contributed by atoms with Crippen molar-refractivity contribution in [2.45, 2.75) is 16.6 Å². The molecule has 3 atom stereocenters. The van der Waals surface area contributed by atoms with Crippen LogP contribution >= 0.6 is 11.8 Å². The van der Waals surface area contributed by atoms with Crippen molar-refractivity contribution in [2.24, 2.45) is 12.2 Å². The zero-order chi connectivity index (χ0) is 27.0. The van der Waals surface area contributed by atoms with Crippen molar-refractivity contribution in [1.29, 1.82) is 0 Å². The van der Waals surface area contributed by atoms with Crippen LogP contribution in [0, 0.1) is 0 Å². The number of oxime groups is 1. The number of carboxylic acid groups (broad SMARTS) is 1. The normalized spacial score (nSPS) is 20.3. The quantitative estimate of drug-likeness (QED) is 0.0880. The van der Waals surface area contributed by atoms with Crippen molar-refractivity contribution in [1.82, 2.24) is 30.0 Å². The first kappa shape index (κ1) is 33.7. The Morgan fingerprint density at radius 3 is 2.64 bits per heavy atom. The number of carbonyl (C=O) groups is 3. The summed E-state index contributed by atoms with van der Waals surface area (Å²) in [6.07, 6.45) is 0. The van der Waals surface area contributed by atoms with Crippen molar-refractivity contribution < 1.29 is 92.8 Å². The van der Waals surface area contributed by atoms with Crippen LogP contribution in [0.5, 0.6) is 5.88 Å². The van der Waals surface area contributed by atoms with Gasteiger partial charge in [0.1, 0.15) is 0 Å². The number of hydrogen-bond donors (Lipinski definition) is 2. The van der Waals surface area contributed by atoms with Crippen LogP contribution in [-0.4, -0.2) is 96.9 Å². The number of amides is 2. The van der Waals surface area contributed by atoms with Crippen LogP contribution in [0.25, 0.3) is 0 Å². The minimum atomic E-state index is -1.82. The van der Waals surface area contributed by atoms with E-state index in [1.165, 1.54) is 14.2 Å². The number of hydrogen-bond acceptors (Lipinski definition) is 14. The van der Waals surface area contributed by atoms with Gasteiger partial charge >= 0.3 is 231 Å². The summed E-state index contributed by atoms with van der Waals surface area (Å²) < 4.78 is 14.4. The van der Waals surface area contributed by atoms with Crippen molar-refractivity contribution in [3.63, 3.8) is 0 Å². The van der Waals surface area contributed by atoms with Crippen LogP contribution in [0.2, 0.25) is 0 Å². The van der Waals surface area contributed by atoms with Gasteiger partial charge in [-0.25, -0.2) is 4.68 Å². The zero-order valence-corrected chi connectivity index (χ0v) is 28.2. The second-order valence-electron chi connectivity index (χ2n) is 7.43. The van der Waals surface area contributed by atoms with Gasteiger partial charge in [-0.3, -0.25) is 4.79 Å². The number of aryl methyl sites for hydroxylation is 1. The van der Waals surface area contributed by atoms with Crippen molar-refractivity contribution in [2.75, 3.05) is 24.3 Å². The fourth-order valence-corrected chi connectivity index (χ4v) is 7.44. The number of fused-ring (bicyclic) bond motifs is 1. The number of nitrogens with one attached hydrogen (secondary N) is 1. The number of aromatic nitrogens is 4. The van der Waals surface area contributed by atoms with E-state index in [0.29, 0.717) is 4.69 Å². The van der Waals surface area contributed by atoms with Crippen LogP contribution in [0.3, 0.4) is 0 Å².